The zero-order chi connectivity index (χ0) is 11.4. The van der Waals surface area contributed by atoms with E-state index >= 15 is 0 Å². The van der Waals surface area contributed by atoms with Crippen molar-refractivity contribution in [2.75, 3.05) is 13.1 Å². The van der Waals surface area contributed by atoms with Gasteiger partial charge in [0.2, 0.25) is 0 Å². The largest absolute Gasteiger partial charge is 0.489 e. The Morgan fingerprint density at radius 3 is 2.81 bits per heavy atom. The first-order valence-corrected chi connectivity index (χ1v) is 6.23. The van der Waals surface area contributed by atoms with Crippen LogP contribution in [0.25, 0.3) is 0 Å². The van der Waals surface area contributed by atoms with Crippen molar-refractivity contribution in [1.29, 1.82) is 0 Å². The standard InChI is InChI=1S/C14H21NO/c1-11(2)13-7-3-4-8-14(13)16-12-6-5-9-15-10-12/h3-4,7-8,11-12,15H,5-6,9-10H2,1-2H3/t12-/m1/s1. The van der Waals surface area contributed by atoms with Gasteiger partial charge >= 0.3 is 0 Å². The molecule has 88 valence electrons. The van der Waals surface area contributed by atoms with E-state index in [0.29, 0.717) is 12.0 Å². The first kappa shape index (κ1) is 11.5. The van der Waals surface area contributed by atoms with Crippen LogP contribution in [0.1, 0.15) is 38.2 Å². The van der Waals surface area contributed by atoms with Gasteiger partial charge in [0.15, 0.2) is 0 Å². The number of piperidine rings is 1. The molecule has 16 heavy (non-hydrogen) atoms. The molecule has 0 aromatic heterocycles. The van der Waals surface area contributed by atoms with Gasteiger partial charge in [-0.1, -0.05) is 32.0 Å². The van der Waals surface area contributed by atoms with E-state index in [1.165, 1.54) is 18.4 Å². The molecule has 1 aromatic rings. The van der Waals surface area contributed by atoms with Crippen molar-refractivity contribution in [3.63, 3.8) is 0 Å². The minimum Gasteiger partial charge on any atom is -0.489 e. The summed E-state index contributed by atoms with van der Waals surface area (Å²) in [6, 6.07) is 8.39. The molecule has 0 spiro atoms. The summed E-state index contributed by atoms with van der Waals surface area (Å²) >= 11 is 0. The van der Waals surface area contributed by atoms with Crippen molar-refractivity contribution in [2.45, 2.75) is 38.7 Å². The third kappa shape index (κ3) is 2.76. The molecule has 0 radical (unpaired) electrons. The third-order valence-corrected chi connectivity index (χ3v) is 3.09. The van der Waals surface area contributed by atoms with Gasteiger partial charge in [0.1, 0.15) is 11.9 Å². The Balaban J connectivity index is 2.07. The van der Waals surface area contributed by atoms with Crippen LogP contribution in [-0.4, -0.2) is 19.2 Å². The summed E-state index contributed by atoms with van der Waals surface area (Å²) in [4.78, 5) is 0. The van der Waals surface area contributed by atoms with Gasteiger partial charge in [-0.15, -0.1) is 0 Å². The lowest BCUT2D eigenvalue weighted by molar-refractivity contribution is 0.165. The molecule has 0 aliphatic carbocycles. The van der Waals surface area contributed by atoms with Crippen LogP contribution in [0.3, 0.4) is 0 Å². The molecule has 2 rings (SSSR count). The number of para-hydroxylation sites is 1. The maximum absolute atomic E-state index is 6.09. The Morgan fingerprint density at radius 1 is 1.31 bits per heavy atom. The van der Waals surface area contributed by atoms with E-state index in [1.54, 1.807) is 0 Å². The Bertz CT molecular complexity index is 329. The van der Waals surface area contributed by atoms with Gasteiger partial charge in [0, 0.05) is 6.54 Å². The summed E-state index contributed by atoms with van der Waals surface area (Å²) in [7, 11) is 0. The van der Waals surface area contributed by atoms with E-state index in [0.717, 1.165) is 18.8 Å². The van der Waals surface area contributed by atoms with Gasteiger partial charge in [-0.2, -0.15) is 0 Å². The lowest BCUT2D eigenvalue weighted by Crippen LogP contribution is -2.37. The van der Waals surface area contributed by atoms with Crippen molar-refractivity contribution < 1.29 is 4.74 Å². The van der Waals surface area contributed by atoms with Crippen molar-refractivity contribution in [3.05, 3.63) is 29.8 Å². The fourth-order valence-corrected chi connectivity index (χ4v) is 2.16. The van der Waals surface area contributed by atoms with Crippen LogP contribution in [0.15, 0.2) is 24.3 Å². The highest BCUT2D eigenvalue weighted by Gasteiger charge is 2.16. The lowest BCUT2D eigenvalue weighted by Gasteiger charge is -2.25. The van der Waals surface area contributed by atoms with Gasteiger partial charge < -0.3 is 10.1 Å². The maximum atomic E-state index is 6.09. The lowest BCUT2D eigenvalue weighted by atomic mass is 10.0. The molecule has 0 saturated carbocycles. The molecule has 0 unspecified atom stereocenters. The normalized spacial score (nSPS) is 21.1. The Morgan fingerprint density at radius 2 is 2.12 bits per heavy atom. The van der Waals surface area contributed by atoms with Crippen LogP contribution in [0, 0.1) is 0 Å². The summed E-state index contributed by atoms with van der Waals surface area (Å²) in [5, 5.41) is 3.38. The molecule has 1 fully saturated rings. The second-order valence-electron chi connectivity index (χ2n) is 4.78. The highest BCUT2D eigenvalue weighted by atomic mass is 16.5. The van der Waals surface area contributed by atoms with E-state index in [4.69, 9.17) is 4.74 Å². The van der Waals surface area contributed by atoms with Crippen LogP contribution < -0.4 is 10.1 Å². The third-order valence-electron chi connectivity index (χ3n) is 3.09. The van der Waals surface area contributed by atoms with Gasteiger partial charge in [-0.25, -0.2) is 0 Å². The minimum atomic E-state index is 0.341. The van der Waals surface area contributed by atoms with Crippen LogP contribution in [0.2, 0.25) is 0 Å². The molecule has 1 aromatic carbocycles. The summed E-state index contributed by atoms with van der Waals surface area (Å²) in [5.74, 6) is 1.58. The van der Waals surface area contributed by atoms with Crippen molar-refractivity contribution in [3.8, 4) is 5.75 Å². The van der Waals surface area contributed by atoms with E-state index in [9.17, 15) is 0 Å². The van der Waals surface area contributed by atoms with Crippen molar-refractivity contribution in [1.82, 2.24) is 5.32 Å². The number of nitrogens with one attached hydrogen (secondary N) is 1. The molecule has 1 atom stereocenters. The fraction of sp³-hybridized carbons (Fsp3) is 0.571. The first-order valence-electron chi connectivity index (χ1n) is 6.23. The summed E-state index contributed by atoms with van der Waals surface area (Å²) in [6.07, 6.45) is 2.72. The van der Waals surface area contributed by atoms with E-state index in [2.05, 4.69) is 43.4 Å². The molecule has 1 N–H and O–H groups in total. The number of rotatable bonds is 3. The predicted octanol–water partition coefficient (Wildman–Crippen LogP) is 2.94. The molecule has 1 aliphatic heterocycles. The van der Waals surface area contributed by atoms with Crippen LogP contribution in [0.5, 0.6) is 5.75 Å². The Hall–Kier alpha value is -1.02. The summed E-state index contributed by atoms with van der Waals surface area (Å²) in [6.45, 7) is 6.53. The van der Waals surface area contributed by atoms with Crippen LogP contribution in [-0.2, 0) is 0 Å². The number of benzene rings is 1. The number of hydrogen-bond acceptors (Lipinski definition) is 2. The zero-order valence-corrected chi connectivity index (χ0v) is 10.2. The van der Waals surface area contributed by atoms with Gasteiger partial charge in [0.25, 0.3) is 0 Å². The second kappa shape index (κ2) is 5.35. The van der Waals surface area contributed by atoms with Crippen molar-refractivity contribution >= 4 is 0 Å². The number of ether oxygens (including phenoxy) is 1. The maximum Gasteiger partial charge on any atom is 0.123 e. The SMILES string of the molecule is CC(C)c1ccccc1O[C@@H]1CCCNC1. The first-order chi connectivity index (χ1) is 7.77. The molecule has 1 heterocycles. The molecule has 0 amide bonds. The summed E-state index contributed by atoms with van der Waals surface area (Å²) in [5.41, 5.74) is 1.31. The topological polar surface area (TPSA) is 21.3 Å². The van der Waals surface area contributed by atoms with Gasteiger partial charge in [-0.05, 0) is 36.9 Å². The molecule has 2 nitrogen and oxygen atoms in total. The predicted molar refractivity (Wildman–Crippen MR) is 67.1 cm³/mol. The highest BCUT2D eigenvalue weighted by Crippen LogP contribution is 2.27. The van der Waals surface area contributed by atoms with E-state index in [-0.39, 0.29) is 0 Å². The highest BCUT2D eigenvalue weighted by molar-refractivity contribution is 5.35. The average molecular weight is 219 g/mol. The second-order valence-corrected chi connectivity index (χ2v) is 4.78. The van der Waals surface area contributed by atoms with E-state index < -0.39 is 0 Å². The monoisotopic (exact) mass is 219 g/mol. The summed E-state index contributed by atoms with van der Waals surface area (Å²) < 4.78 is 6.09. The molecular weight excluding hydrogens is 198 g/mol. The van der Waals surface area contributed by atoms with Gasteiger partial charge in [0.05, 0.1) is 0 Å². The fourth-order valence-electron chi connectivity index (χ4n) is 2.16. The minimum absolute atomic E-state index is 0.341. The molecule has 0 bridgehead atoms. The molecule has 1 saturated heterocycles. The zero-order valence-electron chi connectivity index (χ0n) is 10.2. The quantitative estimate of drug-likeness (QED) is 0.844. The average Bonchev–Trinajstić information content (AvgIpc) is 2.31. The van der Waals surface area contributed by atoms with Crippen molar-refractivity contribution in [2.24, 2.45) is 0 Å². The molecule has 1 aliphatic rings. The Labute approximate surface area is 98.0 Å². The van der Waals surface area contributed by atoms with E-state index in [1.807, 2.05) is 0 Å². The smallest absolute Gasteiger partial charge is 0.123 e. The Kier molecular flexibility index (Phi) is 3.83. The molecule has 2 heteroatoms. The molecular formula is C14H21NO. The number of hydrogen-bond donors (Lipinski definition) is 1. The van der Waals surface area contributed by atoms with Crippen LogP contribution >= 0.6 is 0 Å². The van der Waals surface area contributed by atoms with Crippen LogP contribution in [0.4, 0.5) is 0 Å². The van der Waals surface area contributed by atoms with Gasteiger partial charge in [-0.3, -0.25) is 0 Å².